The number of rotatable bonds is 6. The fourth-order valence-corrected chi connectivity index (χ4v) is 2.86. The number of piperidine rings is 1. The first-order chi connectivity index (χ1) is 9.95. The molecule has 1 atom stereocenters. The molecule has 6 heteroatoms. The van der Waals surface area contributed by atoms with Crippen LogP contribution in [0.3, 0.4) is 0 Å². The van der Waals surface area contributed by atoms with Gasteiger partial charge in [-0.15, -0.1) is 5.10 Å². The van der Waals surface area contributed by atoms with E-state index in [0.717, 1.165) is 32.4 Å². The fraction of sp³-hybridized carbons (Fsp3) is 0.867. The lowest BCUT2D eigenvalue weighted by molar-refractivity contribution is 0.0729. The average Bonchev–Trinajstić information content (AvgIpc) is 2.85. The highest BCUT2D eigenvalue weighted by Crippen LogP contribution is 2.27. The Labute approximate surface area is 127 Å². The van der Waals surface area contributed by atoms with Gasteiger partial charge in [0.25, 0.3) is 0 Å². The van der Waals surface area contributed by atoms with Crippen molar-refractivity contribution in [1.82, 2.24) is 15.1 Å². The summed E-state index contributed by atoms with van der Waals surface area (Å²) >= 11 is 0. The minimum atomic E-state index is -0.181. The third-order valence-corrected chi connectivity index (χ3v) is 3.97. The Balaban J connectivity index is 1.84. The molecule has 1 unspecified atom stereocenters. The molecule has 0 aliphatic carbocycles. The van der Waals surface area contributed by atoms with E-state index in [0.29, 0.717) is 30.3 Å². The van der Waals surface area contributed by atoms with Gasteiger partial charge in [0.2, 0.25) is 5.89 Å². The zero-order valence-electron chi connectivity index (χ0n) is 13.6. The van der Waals surface area contributed by atoms with Crippen LogP contribution in [-0.2, 0) is 6.54 Å². The highest BCUT2D eigenvalue weighted by molar-refractivity contribution is 5.24. The molecule has 1 fully saturated rings. The van der Waals surface area contributed by atoms with Crippen molar-refractivity contribution in [2.24, 2.45) is 11.8 Å². The van der Waals surface area contributed by atoms with Crippen molar-refractivity contribution in [2.75, 3.05) is 32.1 Å². The van der Waals surface area contributed by atoms with E-state index in [2.05, 4.69) is 28.9 Å². The minimum absolute atomic E-state index is 0.181. The Morgan fingerprint density at radius 1 is 1.29 bits per heavy atom. The second kappa shape index (κ2) is 7.22. The second-order valence-electron chi connectivity index (χ2n) is 6.74. The highest BCUT2D eigenvalue weighted by atomic mass is 16.4. The minimum Gasteiger partial charge on any atom is -0.407 e. The van der Waals surface area contributed by atoms with Crippen LogP contribution < -0.4 is 4.90 Å². The molecule has 0 spiro atoms. The van der Waals surface area contributed by atoms with Crippen molar-refractivity contribution < 1.29 is 9.52 Å². The maximum atomic E-state index is 10.2. The van der Waals surface area contributed by atoms with Crippen LogP contribution in [0.2, 0.25) is 0 Å². The van der Waals surface area contributed by atoms with Gasteiger partial charge in [0.05, 0.1) is 12.6 Å². The first-order valence-electron chi connectivity index (χ1n) is 7.85. The molecule has 1 aromatic heterocycles. The first kappa shape index (κ1) is 16.2. The molecular weight excluding hydrogens is 268 g/mol. The lowest BCUT2D eigenvalue weighted by Gasteiger charge is -2.33. The zero-order chi connectivity index (χ0) is 15.4. The standard InChI is InChI=1S/C15H28N4O2/c1-11(2)9-13(20)12-5-7-19(8-6-12)15-17-16-14(21-15)10-18(3)4/h11-13,20H,5-10H2,1-4H3. The molecule has 6 nitrogen and oxygen atoms in total. The molecule has 1 aliphatic rings. The number of hydrogen-bond acceptors (Lipinski definition) is 6. The van der Waals surface area contributed by atoms with Gasteiger partial charge in [0.1, 0.15) is 0 Å². The summed E-state index contributed by atoms with van der Waals surface area (Å²) in [5, 5.41) is 18.4. The Kier molecular flexibility index (Phi) is 5.58. The van der Waals surface area contributed by atoms with E-state index in [-0.39, 0.29) is 6.10 Å². The van der Waals surface area contributed by atoms with Crippen molar-refractivity contribution in [1.29, 1.82) is 0 Å². The molecule has 21 heavy (non-hydrogen) atoms. The molecule has 0 radical (unpaired) electrons. The van der Waals surface area contributed by atoms with Crippen molar-refractivity contribution >= 4 is 6.01 Å². The fourth-order valence-electron chi connectivity index (χ4n) is 2.86. The maximum absolute atomic E-state index is 10.2. The molecule has 1 saturated heterocycles. The molecule has 120 valence electrons. The number of hydrogen-bond donors (Lipinski definition) is 1. The molecule has 0 saturated carbocycles. The van der Waals surface area contributed by atoms with E-state index >= 15 is 0 Å². The van der Waals surface area contributed by atoms with Crippen molar-refractivity contribution in [2.45, 2.75) is 45.8 Å². The van der Waals surface area contributed by atoms with Gasteiger partial charge in [-0.25, -0.2) is 0 Å². The van der Waals surface area contributed by atoms with Crippen LogP contribution in [0.25, 0.3) is 0 Å². The number of aromatic nitrogens is 2. The average molecular weight is 296 g/mol. The summed E-state index contributed by atoms with van der Waals surface area (Å²) in [6, 6.07) is 0.614. The quantitative estimate of drug-likeness (QED) is 0.863. The number of nitrogens with zero attached hydrogens (tertiary/aromatic N) is 4. The van der Waals surface area contributed by atoms with Crippen molar-refractivity contribution in [3.05, 3.63) is 5.89 Å². The summed E-state index contributed by atoms with van der Waals surface area (Å²) in [6.45, 7) is 6.73. The summed E-state index contributed by atoms with van der Waals surface area (Å²) in [7, 11) is 3.96. The molecule has 1 N–H and O–H groups in total. The van der Waals surface area contributed by atoms with Gasteiger partial charge in [-0.3, -0.25) is 0 Å². The van der Waals surface area contributed by atoms with Crippen LogP contribution in [0.4, 0.5) is 6.01 Å². The van der Waals surface area contributed by atoms with Crippen molar-refractivity contribution in [3.8, 4) is 0 Å². The third-order valence-electron chi connectivity index (χ3n) is 3.97. The van der Waals surface area contributed by atoms with Gasteiger partial charge >= 0.3 is 6.01 Å². The summed E-state index contributed by atoms with van der Waals surface area (Å²) in [5.41, 5.74) is 0. The third kappa shape index (κ3) is 4.68. The van der Waals surface area contributed by atoms with Gasteiger partial charge in [-0.1, -0.05) is 18.9 Å². The largest absolute Gasteiger partial charge is 0.407 e. The predicted octanol–water partition coefficient (Wildman–Crippen LogP) is 1.75. The summed E-state index contributed by atoms with van der Waals surface area (Å²) < 4.78 is 5.69. The van der Waals surface area contributed by atoms with Gasteiger partial charge in [-0.05, 0) is 45.2 Å². The second-order valence-corrected chi connectivity index (χ2v) is 6.74. The number of anilines is 1. The van der Waals surface area contributed by atoms with Crippen LogP contribution in [0.15, 0.2) is 4.42 Å². The van der Waals surface area contributed by atoms with E-state index in [1.807, 2.05) is 19.0 Å². The molecule has 0 aromatic carbocycles. The van der Waals surface area contributed by atoms with Crippen LogP contribution in [0.1, 0.15) is 39.0 Å². The molecule has 0 bridgehead atoms. The normalized spacial score (nSPS) is 18.7. The molecule has 2 rings (SSSR count). The summed E-state index contributed by atoms with van der Waals surface area (Å²) in [6.07, 6.45) is 2.68. The van der Waals surface area contributed by atoms with Crippen LogP contribution in [0.5, 0.6) is 0 Å². The predicted molar refractivity (Wildman–Crippen MR) is 82.1 cm³/mol. The van der Waals surface area contributed by atoms with E-state index in [4.69, 9.17) is 4.42 Å². The molecular formula is C15H28N4O2. The Morgan fingerprint density at radius 3 is 2.52 bits per heavy atom. The molecule has 0 amide bonds. The van der Waals surface area contributed by atoms with Crippen LogP contribution in [0, 0.1) is 11.8 Å². The number of aliphatic hydroxyl groups excluding tert-OH is 1. The SMILES string of the molecule is CC(C)CC(O)C1CCN(c2nnc(CN(C)C)o2)CC1. The summed E-state index contributed by atoms with van der Waals surface area (Å²) in [4.78, 5) is 4.14. The van der Waals surface area contributed by atoms with Gasteiger partial charge in [0, 0.05) is 13.1 Å². The summed E-state index contributed by atoms with van der Waals surface area (Å²) in [5.74, 6) is 1.59. The highest BCUT2D eigenvalue weighted by Gasteiger charge is 2.27. The molecule has 1 aliphatic heterocycles. The molecule has 1 aromatic rings. The smallest absolute Gasteiger partial charge is 0.318 e. The van der Waals surface area contributed by atoms with Crippen LogP contribution >= 0.6 is 0 Å². The monoisotopic (exact) mass is 296 g/mol. The van der Waals surface area contributed by atoms with Gasteiger partial charge < -0.3 is 19.3 Å². The maximum Gasteiger partial charge on any atom is 0.318 e. The topological polar surface area (TPSA) is 65.6 Å². The number of aliphatic hydroxyl groups is 1. The van der Waals surface area contributed by atoms with E-state index in [1.54, 1.807) is 0 Å². The van der Waals surface area contributed by atoms with Crippen LogP contribution in [-0.4, -0.2) is 53.5 Å². The van der Waals surface area contributed by atoms with E-state index < -0.39 is 0 Å². The zero-order valence-corrected chi connectivity index (χ0v) is 13.6. The molecule has 2 heterocycles. The Morgan fingerprint density at radius 2 is 1.95 bits per heavy atom. The lowest BCUT2D eigenvalue weighted by Crippen LogP contribution is -2.38. The Hall–Kier alpha value is -1.14. The van der Waals surface area contributed by atoms with Crippen molar-refractivity contribution in [3.63, 3.8) is 0 Å². The lowest BCUT2D eigenvalue weighted by atomic mass is 9.87. The Bertz CT molecular complexity index is 425. The van der Waals surface area contributed by atoms with Gasteiger partial charge in [-0.2, -0.15) is 0 Å². The first-order valence-corrected chi connectivity index (χ1v) is 7.85. The van der Waals surface area contributed by atoms with E-state index in [1.165, 1.54) is 0 Å². The van der Waals surface area contributed by atoms with Gasteiger partial charge in [0.15, 0.2) is 0 Å². The van der Waals surface area contributed by atoms with E-state index in [9.17, 15) is 5.11 Å².